The predicted octanol–water partition coefficient (Wildman–Crippen LogP) is 3.47. The van der Waals surface area contributed by atoms with Crippen molar-refractivity contribution in [3.63, 3.8) is 0 Å². The number of nitrogens with two attached hydrogens (primary N) is 1. The summed E-state index contributed by atoms with van der Waals surface area (Å²) in [6.45, 7) is 1.52. The number of hydrogen-bond donors (Lipinski definition) is 2. The number of ether oxygens (including phenoxy) is 1. The summed E-state index contributed by atoms with van der Waals surface area (Å²) in [5, 5.41) is 3.04. The summed E-state index contributed by atoms with van der Waals surface area (Å²) in [6.07, 6.45) is -0.889. The van der Waals surface area contributed by atoms with E-state index < -0.39 is 17.8 Å². The van der Waals surface area contributed by atoms with Crippen LogP contribution >= 0.6 is 11.6 Å². The van der Waals surface area contributed by atoms with Gasteiger partial charge >= 0.3 is 0 Å². The third-order valence-electron chi connectivity index (χ3n) is 2.78. The molecule has 0 saturated carbocycles. The molecule has 0 aliphatic carbocycles. The van der Waals surface area contributed by atoms with Gasteiger partial charge in [0.25, 0.3) is 5.91 Å². The van der Waals surface area contributed by atoms with E-state index >= 15 is 0 Å². The third-order valence-corrected chi connectivity index (χ3v) is 3.02. The fourth-order valence-electron chi connectivity index (χ4n) is 1.66. The number of amides is 1. The maximum atomic E-state index is 13.5. The molecule has 110 valence electrons. The molecule has 0 saturated heterocycles. The van der Waals surface area contributed by atoms with E-state index in [0.29, 0.717) is 16.4 Å². The number of halogens is 2. The molecule has 0 bridgehead atoms. The average Bonchev–Trinajstić information content (AvgIpc) is 2.45. The maximum absolute atomic E-state index is 13.5. The lowest BCUT2D eigenvalue weighted by Crippen LogP contribution is -2.30. The molecule has 0 fully saturated rings. The zero-order valence-corrected chi connectivity index (χ0v) is 12.0. The van der Waals surface area contributed by atoms with E-state index in [1.54, 1.807) is 24.3 Å². The lowest BCUT2D eigenvalue weighted by Gasteiger charge is -2.16. The highest BCUT2D eigenvalue weighted by molar-refractivity contribution is 6.31. The lowest BCUT2D eigenvalue weighted by atomic mass is 10.2. The number of nitrogens with one attached hydrogen (secondary N) is 1. The highest BCUT2D eigenvalue weighted by Gasteiger charge is 2.17. The zero-order valence-electron chi connectivity index (χ0n) is 11.3. The summed E-state index contributed by atoms with van der Waals surface area (Å²) >= 11 is 5.84. The van der Waals surface area contributed by atoms with Gasteiger partial charge in [0.05, 0.1) is 11.4 Å². The summed E-state index contributed by atoms with van der Waals surface area (Å²) in [4.78, 5) is 12.0. The highest BCUT2D eigenvalue weighted by atomic mass is 35.5. The lowest BCUT2D eigenvalue weighted by molar-refractivity contribution is -0.122. The third kappa shape index (κ3) is 3.86. The maximum Gasteiger partial charge on any atom is 0.265 e. The van der Waals surface area contributed by atoms with Gasteiger partial charge in [-0.2, -0.15) is 0 Å². The summed E-state index contributed by atoms with van der Waals surface area (Å²) in [7, 11) is 0. The van der Waals surface area contributed by atoms with Crippen LogP contribution in [-0.4, -0.2) is 12.0 Å². The van der Waals surface area contributed by atoms with Gasteiger partial charge in [0.15, 0.2) is 17.7 Å². The fourth-order valence-corrected chi connectivity index (χ4v) is 1.83. The van der Waals surface area contributed by atoms with Crippen LogP contribution in [0.5, 0.6) is 5.75 Å². The van der Waals surface area contributed by atoms with Crippen molar-refractivity contribution in [3.05, 3.63) is 53.3 Å². The van der Waals surface area contributed by atoms with Crippen LogP contribution in [0.4, 0.5) is 15.8 Å². The van der Waals surface area contributed by atoms with Crippen LogP contribution in [0.1, 0.15) is 6.92 Å². The molecule has 4 nitrogen and oxygen atoms in total. The minimum atomic E-state index is -0.889. The van der Waals surface area contributed by atoms with Crippen molar-refractivity contribution < 1.29 is 13.9 Å². The Hall–Kier alpha value is -2.27. The molecule has 6 heteroatoms. The molecule has 2 aromatic carbocycles. The van der Waals surface area contributed by atoms with Gasteiger partial charge in [-0.3, -0.25) is 4.79 Å². The second kappa shape index (κ2) is 6.45. The van der Waals surface area contributed by atoms with Crippen molar-refractivity contribution in [1.29, 1.82) is 0 Å². The van der Waals surface area contributed by atoms with Gasteiger partial charge in [-0.05, 0) is 37.3 Å². The van der Waals surface area contributed by atoms with Crippen LogP contribution in [-0.2, 0) is 4.79 Å². The number of anilines is 2. The van der Waals surface area contributed by atoms with E-state index in [-0.39, 0.29) is 5.75 Å². The van der Waals surface area contributed by atoms with E-state index in [1.165, 1.54) is 25.1 Å². The second-order valence-electron chi connectivity index (χ2n) is 4.41. The number of nitrogen functional groups attached to an aromatic ring is 1. The first-order chi connectivity index (χ1) is 9.97. The Kier molecular flexibility index (Phi) is 4.65. The Bertz CT molecular complexity index is 664. The van der Waals surface area contributed by atoms with Gasteiger partial charge in [-0.15, -0.1) is 0 Å². The number of benzene rings is 2. The number of carbonyl (C=O) groups excluding carboxylic acids is 1. The standard InChI is InChI=1S/C15H14ClFN2O2/c1-9(21-14-5-3-2-4-11(14)17)15(20)19-13-8-10(16)6-7-12(13)18/h2-9H,18H2,1H3,(H,19,20). The van der Waals surface area contributed by atoms with Crippen molar-refractivity contribution in [2.24, 2.45) is 0 Å². The van der Waals surface area contributed by atoms with Crippen LogP contribution in [0.25, 0.3) is 0 Å². The summed E-state index contributed by atoms with van der Waals surface area (Å²) in [5.74, 6) is -0.967. The zero-order chi connectivity index (χ0) is 15.4. The first-order valence-electron chi connectivity index (χ1n) is 6.24. The van der Waals surface area contributed by atoms with Crippen LogP contribution in [0.2, 0.25) is 5.02 Å². The minimum Gasteiger partial charge on any atom is -0.478 e. The van der Waals surface area contributed by atoms with E-state index in [4.69, 9.17) is 22.1 Å². The highest BCUT2D eigenvalue weighted by Crippen LogP contribution is 2.23. The molecular formula is C15H14ClFN2O2. The predicted molar refractivity (Wildman–Crippen MR) is 81.0 cm³/mol. The van der Waals surface area contributed by atoms with Crippen molar-refractivity contribution >= 4 is 28.9 Å². The number of carbonyl (C=O) groups is 1. The van der Waals surface area contributed by atoms with Crippen LogP contribution in [0.15, 0.2) is 42.5 Å². The van der Waals surface area contributed by atoms with E-state index in [2.05, 4.69) is 5.32 Å². The number of para-hydroxylation sites is 1. The Morgan fingerprint density at radius 3 is 2.76 bits per heavy atom. The van der Waals surface area contributed by atoms with E-state index in [0.717, 1.165) is 0 Å². The Balaban J connectivity index is 2.06. The molecule has 21 heavy (non-hydrogen) atoms. The minimum absolute atomic E-state index is 0.0132. The smallest absolute Gasteiger partial charge is 0.265 e. The van der Waals surface area contributed by atoms with Gasteiger partial charge < -0.3 is 15.8 Å². The van der Waals surface area contributed by atoms with Crippen LogP contribution < -0.4 is 15.8 Å². The van der Waals surface area contributed by atoms with Crippen molar-refractivity contribution in [1.82, 2.24) is 0 Å². The molecule has 1 amide bonds. The molecule has 0 aliphatic heterocycles. The molecule has 0 radical (unpaired) electrons. The average molecular weight is 309 g/mol. The van der Waals surface area contributed by atoms with Crippen molar-refractivity contribution in [2.45, 2.75) is 13.0 Å². The fraction of sp³-hybridized carbons (Fsp3) is 0.133. The van der Waals surface area contributed by atoms with Crippen LogP contribution in [0, 0.1) is 5.82 Å². The van der Waals surface area contributed by atoms with Crippen molar-refractivity contribution in [3.8, 4) is 5.75 Å². The SMILES string of the molecule is CC(Oc1ccccc1F)C(=O)Nc1cc(Cl)ccc1N. The first-order valence-corrected chi connectivity index (χ1v) is 6.62. The molecule has 0 heterocycles. The molecular weight excluding hydrogens is 295 g/mol. The largest absolute Gasteiger partial charge is 0.478 e. The second-order valence-corrected chi connectivity index (χ2v) is 4.85. The Labute approximate surface area is 126 Å². The summed E-state index contributed by atoms with van der Waals surface area (Å²) in [6, 6.07) is 10.6. The van der Waals surface area contributed by atoms with Crippen molar-refractivity contribution in [2.75, 3.05) is 11.1 Å². The molecule has 2 rings (SSSR count). The molecule has 1 unspecified atom stereocenters. The molecule has 2 aromatic rings. The number of rotatable bonds is 4. The van der Waals surface area contributed by atoms with Gasteiger partial charge in [0.1, 0.15) is 0 Å². The van der Waals surface area contributed by atoms with Gasteiger partial charge in [-0.1, -0.05) is 23.7 Å². The molecule has 1 atom stereocenters. The molecule has 3 N–H and O–H groups in total. The summed E-state index contributed by atoms with van der Waals surface area (Å²) < 4.78 is 18.8. The monoisotopic (exact) mass is 308 g/mol. The summed E-state index contributed by atoms with van der Waals surface area (Å²) in [5.41, 5.74) is 6.51. The molecule has 0 aliphatic rings. The first kappa shape index (κ1) is 15.1. The van der Waals surface area contributed by atoms with E-state index in [1.807, 2.05) is 0 Å². The molecule has 0 aromatic heterocycles. The van der Waals surface area contributed by atoms with Crippen LogP contribution in [0.3, 0.4) is 0 Å². The Morgan fingerprint density at radius 2 is 2.05 bits per heavy atom. The van der Waals surface area contributed by atoms with Gasteiger partial charge in [0, 0.05) is 5.02 Å². The van der Waals surface area contributed by atoms with Gasteiger partial charge in [-0.25, -0.2) is 4.39 Å². The quantitative estimate of drug-likeness (QED) is 0.850. The van der Waals surface area contributed by atoms with E-state index in [9.17, 15) is 9.18 Å². The topological polar surface area (TPSA) is 64.3 Å². The normalized spacial score (nSPS) is 11.8. The van der Waals surface area contributed by atoms with Gasteiger partial charge in [0.2, 0.25) is 0 Å². The Morgan fingerprint density at radius 1 is 1.33 bits per heavy atom. The molecule has 0 spiro atoms. The number of hydrogen-bond acceptors (Lipinski definition) is 3.